The normalized spacial score (nSPS) is 11.2. The molecule has 2 N–H and O–H groups in total. The van der Waals surface area contributed by atoms with Gasteiger partial charge in [0.15, 0.2) is 0 Å². The monoisotopic (exact) mass is 328 g/mol. The summed E-state index contributed by atoms with van der Waals surface area (Å²) in [4.78, 5) is 8.47. The fourth-order valence-corrected chi connectivity index (χ4v) is 2.11. The van der Waals surface area contributed by atoms with Crippen molar-refractivity contribution in [3.05, 3.63) is 47.5 Å². The average molecular weight is 328 g/mol. The van der Waals surface area contributed by atoms with Crippen molar-refractivity contribution in [3.63, 3.8) is 0 Å². The molecule has 0 radical (unpaired) electrons. The van der Waals surface area contributed by atoms with Gasteiger partial charge in [0.25, 0.3) is 0 Å². The predicted octanol–water partition coefficient (Wildman–Crippen LogP) is 2.65. The van der Waals surface area contributed by atoms with Gasteiger partial charge >= 0.3 is 0 Å². The van der Waals surface area contributed by atoms with E-state index in [1.807, 2.05) is 0 Å². The molecule has 0 aliphatic heterocycles. The molecule has 0 aliphatic rings. The highest BCUT2D eigenvalue weighted by atomic mass is 16.5. The number of aliphatic imine (C=N–C) groups is 2. The van der Waals surface area contributed by atoms with Gasteiger partial charge in [-0.2, -0.15) is 0 Å². The van der Waals surface area contributed by atoms with Crippen molar-refractivity contribution >= 4 is 12.4 Å². The third kappa shape index (κ3) is 4.25. The van der Waals surface area contributed by atoms with E-state index in [0.717, 1.165) is 0 Å². The zero-order chi connectivity index (χ0) is 17.4. The lowest BCUT2D eigenvalue weighted by Crippen LogP contribution is -1.95. The minimum atomic E-state index is 0.112. The maximum atomic E-state index is 9.82. The highest BCUT2D eigenvalue weighted by Crippen LogP contribution is 2.26. The fourth-order valence-electron chi connectivity index (χ4n) is 2.11. The summed E-state index contributed by atoms with van der Waals surface area (Å²) in [5.74, 6) is 1.34. The Morgan fingerprint density at radius 2 is 1.21 bits per heavy atom. The van der Waals surface area contributed by atoms with Crippen LogP contribution in [0, 0.1) is 0 Å². The van der Waals surface area contributed by atoms with E-state index in [0.29, 0.717) is 35.7 Å². The second kappa shape index (κ2) is 8.57. The van der Waals surface area contributed by atoms with Gasteiger partial charge in [0.2, 0.25) is 0 Å². The van der Waals surface area contributed by atoms with Gasteiger partial charge in [-0.05, 0) is 24.3 Å². The molecule has 6 nitrogen and oxygen atoms in total. The van der Waals surface area contributed by atoms with Gasteiger partial charge in [0, 0.05) is 12.4 Å². The van der Waals surface area contributed by atoms with Crippen molar-refractivity contribution in [2.24, 2.45) is 9.98 Å². The smallest absolute Gasteiger partial charge is 0.131 e. The predicted molar refractivity (Wildman–Crippen MR) is 94.2 cm³/mol. The SMILES string of the molecule is COc1cccc(O)c1/C=N/CC/N=C/c1c(O)cccc1OC. The number of hydrogen-bond acceptors (Lipinski definition) is 6. The van der Waals surface area contributed by atoms with Crippen LogP contribution in [0.1, 0.15) is 11.1 Å². The molecule has 0 aliphatic carbocycles. The molecule has 0 unspecified atom stereocenters. The number of phenolic OH excluding ortho intramolecular Hbond substituents is 2. The van der Waals surface area contributed by atoms with E-state index in [-0.39, 0.29) is 11.5 Å². The molecule has 0 heterocycles. The van der Waals surface area contributed by atoms with Crippen LogP contribution in [0.2, 0.25) is 0 Å². The molecule has 24 heavy (non-hydrogen) atoms. The first-order valence-electron chi connectivity index (χ1n) is 7.39. The molecule has 0 aromatic heterocycles. The van der Waals surface area contributed by atoms with E-state index in [1.165, 1.54) is 14.2 Å². The number of methoxy groups -OCH3 is 2. The van der Waals surface area contributed by atoms with Crippen LogP contribution in [0.3, 0.4) is 0 Å². The van der Waals surface area contributed by atoms with Crippen LogP contribution in [0.15, 0.2) is 46.4 Å². The number of rotatable bonds is 7. The number of aromatic hydroxyl groups is 2. The van der Waals surface area contributed by atoms with Crippen LogP contribution in [0.5, 0.6) is 23.0 Å². The molecule has 2 aromatic rings. The summed E-state index contributed by atoms with van der Waals surface area (Å²) in [7, 11) is 3.08. The Morgan fingerprint density at radius 3 is 1.58 bits per heavy atom. The third-order valence-electron chi connectivity index (χ3n) is 3.33. The zero-order valence-electron chi connectivity index (χ0n) is 13.6. The molecule has 2 rings (SSSR count). The van der Waals surface area contributed by atoms with Gasteiger partial charge in [0.1, 0.15) is 23.0 Å². The largest absolute Gasteiger partial charge is 0.507 e. The molecule has 126 valence electrons. The summed E-state index contributed by atoms with van der Waals surface area (Å²) in [6, 6.07) is 10.1. The molecule has 0 amide bonds. The quantitative estimate of drug-likeness (QED) is 0.604. The highest BCUT2D eigenvalue weighted by molar-refractivity contribution is 5.88. The van der Waals surface area contributed by atoms with Crippen LogP contribution < -0.4 is 9.47 Å². The standard InChI is InChI=1S/C18H20N2O4/c1-23-17-7-3-5-15(21)13(17)11-19-9-10-20-12-14-16(22)6-4-8-18(14)24-2/h3-8,11-12,21-22H,9-10H2,1-2H3/b19-11+,20-12+. The van der Waals surface area contributed by atoms with Gasteiger partial charge < -0.3 is 19.7 Å². The Bertz CT molecular complexity index is 678. The molecule has 0 saturated heterocycles. The van der Waals surface area contributed by atoms with E-state index in [4.69, 9.17) is 9.47 Å². The summed E-state index contributed by atoms with van der Waals surface area (Å²) >= 11 is 0. The van der Waals surface area contributed by atoms with Crippen molar-refractivity contribution in [1.82, 2.24) is 0 Å². The lowest BCUT2D eigenvalue weighted by molar-refractivity contribution is 0.406. The minimum absolute atomic E-state index is 0.112. The molecule has 0 fully saturated rings. The number of phenols is 2. The van der Waals surface area contributed by atoms with Crippen molar-refractivity contribution in [1.29, 1.82) is 0 Å². The van der Waals surface area contributed by atoms with E-state index in [2.05, 4.69) is 9.98 Å². The second-order valence-electron chi connectivity index (χ2n) is 4.86. The Balaban J connectivity index is 1.96. The lowest BCUT2D eigenvalue weighted by atomic mass is 10.2. The van der Waals surface area contributed by atoms with Crippen molar-refractivity contribution in [3.8, 4) is 23.0 Å². The van der Waals surface area contributed by atoms with E-state index >= 15 is 0 Å². The van der Waals surface area contributed by atoms with E-state index in [9.17, 15) is 10.2 Å². The molecule has 0 atom stereocenters. The summed E-state index contributed by atoms with van der Waals surface area (Å²) in [5.41, 5.74) is 1.07. The Hall–Kier alpha value is -3.02. The molecule has 6 heteroatoms. The summed E-state index contributed by atoms with van der Waals surface area (Å²) in [6.45, 7) is 0.869. The van der Waals surface area contributed by atoms with E-state index in [1.54, 1.807) is 48.8 Å². The van der Waals surface area contributed by atoms with Gasteiger partial charge in [-0.1, -0.05) is 12.1 Å². The van der Waals surface area contributed by atoms with Crippen LogP contribution in [0.25, 0.3) is 0 Å². The Kier molecular flexibility index (Phi) is 6.19. The minimum Gasteiger partial charge on any atom is -0.507 e. The van der Waals surface area contributed by atoms with Crippen molar-refractivity contribution in [2.45, 2.75) is 0 Å². The topological polar surface area (TPSA) is 83.6 Å². The number of benzene rings is 2. The fraction of sp³-hybridized carbons (Fsp3) is 0.222. The van der Waals surface area contributed by atoms with E-state index < -0.39 is 0 Å². The Labute approximate surface area is 140 Å². The molecule has 0 saturated carbocycles. The third-order valence-corrected chi connectivity index (χ3v) is 3.33. The summed E-state index contributed by atoms with van der Waals surface area (Å²) < 4.78 is 10.4. The highest BCUT2D eigenvalue weighted by Gasteiger charge is 2.05. The molecular formula is C18H20N2O4. The average Bonchev–Trinajstić information content (AvgIpc) is 2.59. The van der Waals surface area contributed by atoms with Gasteiger partial charge in [-0.15, -0.1) is 0 Å². The number of ether oxygens (including phenoxy) is 2. The maximum Gasteiger partial charge on any atom is 0.131 e. The van der Waals surface area contributed by atoms with Crippen LogP contribution in [0.4, 0.5) is 0 Å². The molecule has 2 aromatic carbocycles. The van der Waals surface area contributed by atoms with Crippen LogP contribution in [-0.4, -0.2) is 50.0 Å². The first kappa shape index (κ1) is 17.3. The van der Waals surface area contributed by atoms with Gasteiger partial charge in [-0.3, -0.25) is 9.98 Å². The number of hydrogen-bond donors (Lipinski definition) is 2. The molecule has 0 bridgehead atoms. The molecular weight excluding hydrogens is 308 g/mol. The van der Waals surface area contributed by atoms with Gasteiger partial charge in [-0.25, -0.2) is 0 Å². The van der Waals surface area contributed by atoms with Crippen LogP contribution in [-0.2, 0) is 0 Å². The summed E-state index contributed by atoms with van der Waals surface area (Å²) in [6.07, 6.45) is 3.12. The first-order valence-corrected chi connectivity index (χ1v) is 7.39. The van der Waals surface area contributed by atoms with Gasteiger partial charge in [0.05, 0.1) is 38.4 Å². The van der Waals surface area contributed by atoms with Crippen LogP contribution >= 0.6 is 0 Å². The van der Waals surface area contributed by atoms with Crippen molar-refractivity contribution in [2.75, 3.05) is 27.3 Å². The number of nitrogens with zero attached hydrogens (tertiary/aromatic N) is 2. The lowest BCUT2D eigenvalue weighted by Gasteiger charge is -2.06. The molecule has 0 spiro atoms. The first-order chi connectivity index (χ1) is 11.7. The second-order valence-corrected chi connectivity index (χ2v) is 4.86. The summed E-state index contributed by atoms with van der Waals surface area (Å²) in [5, 5.41) is 19.6. The Morgan fingerprint density at radius 1 is 0.792 bits per heavy atom. The maximum absolute atomic E-state index is 9.82. The van der Waals surface area contributed by atoms with Crippen molar-refractivity contribution < 1.29 is 19.7 Å². The zero-order valence-corrected chi connectivity index (χ0v) is 13.6.